The Morgan fingerprint density at radius 3 is 3.07 bits per heavy atom. The van der Waals surface area contributed by atoms with E-state index in [1.165, 1.54) is 16.5 Å². The zero-order valence-corrected chi connectivity index (χ0v) is 18.3. The molecule has 0 bridgehead atoms. The van der Waals surface area contributed by atoms with Crippen LogP contribution in [-0.2, 0) is 16.1 Å². The highest BCUT2D eigenvalue weighted by atomic mass is 32.2. The molecule has 0 unspecified atom stereocenters. The molecule has 0 saturated carbocycles. The first-order valence-corrected chi connectivity index (χ1v) is 12.2. The minimum absolute atomic E-state index is 0.137. The number of rotatable bonds is 6. The predicted octanol–water partition coefficient (Wildman–Crippen LogP) is 2.96. The SMILES string of the molecule is O=C(CSc1nnnn1C[C@H]1CCCO1)N1CCC[C@@H](c2nc3ccccc3s2)C1. The van der Waals surface area contributed by atoms with E-state index in [0.29, 0.717) is 23.4 Å². The van der Waals surface area contributed by atoms with E-state index in [1.807, 2.05) is 17.0 Å². The zero-order valence-electron chi connectivity index (χ0n) is 16.6. The van der Waals surface area contributed by atoms with Gasteiger partial charge in [-0.1, -0.05) is 23.9 Å². The molecule has 2 atom stereocenters. The lowest BCUT2D eigenvalue weighted by Gasteiger charge is -2.31. The highest BCUT2D eigenvalue weighted by Gasteiger charge is 2.27. The lowest BCUT2D eigenvalue weighted by atomic mass is 9.99. The molecule has 10 heteroatoms. The van der Waals surface area contributed by atoms with Crippen molar-refractivity contribution in [3.05, 3.63) is 29.3 Å². The van der Waals surface area contributed by atoms with Crippen LogP contribution in [0.15, 0.2) is 29.4 Å². The van der Waals surface area contributed by atoms with Crippen LogP contribution in [0.4, 0.5) is 0 Å². The zero-order chi connectivity index (χ0) is 20.3. The number of hydrogen-bond acceptors (Lipinski definition) is 8. The third-order valence-corrected chi connectivity index (χ3v) is 7.80. The van der Waals surface area contributed by atoms with Crippen molar-refractivity contribution in [2.45, 2.75) is 49.4 Å². The molecule has 2 saturated heterocycles. The lowest BCUT2D eigenvalue weighted by Crippen LogP contribution is -2.40. The highest BCUT2D eigenvalue weighted by Crippen LogP contribution is 2.33. The van der Waals surface area contributed by atoms with Gasteiger partial charge in [-0.05, 0) is 48.2 Å². The van der Waals surface area contributed by atoms with Gasteiger partial charge in [-0.3, -0.25) is 4.79 Å². The van der Waals surface area contributed by atoms with Crippen molar-refractivity contribution in [1.82, 2.24) is 30.1 Å². The van der Waals surface area contributed by atoms with E-state index in [9.17, 15) is 4.79 Å². The second-order valence-corrected chi connectivity index (χ2v) is 9.77. The van der Waals surface area contributed by atoms with Crippen molar-refractivity contribution in [2.75, 3.05) is 25.4 Å². The Labute approximate surface area is 183 Å². The first-order chi connectivity index (χ1) is 14.8. The van der Waals surface area contributed by atoms with Gasteiger partial charge in [0.1, 0.15) is 0 Å². The Balaban J connectivity index is 1.19. The summed E-state index contributed by atoms with van der Waals surface area (Å²) in [6.07, 6.45) is 4.37. The number of amides is 1. The maximum Gasteiger partial charge on any atom is 0.233 e. The van der Waals surface area contributed by atoms with Crippen LogP contribution in [0.1, 0.15) is 36.6 Å². The number of likely N-dealkylation sites (tertiary alicyclic amines) is 1. The molecular formula is C20H24N6O2S2. The second kappa shape index (κ2) is 8.99. The summed E-state index contributed by atoms with van der Waals surface area (Å²) in [6.45, 7) is 2.99. The van der Waals surface area contributed by atoms with E-state index < -0.39 is 0 Å². The Morgan fingerprint density at radius 2 is 2.20 bits per heavy atom. The Kier molecular flexibility index (Phi) is 5.96. The number of ether oxygens (including phenoxy) is 1. The number of aromatic nitrogens is 5. The van der Waals surface area contributed by atoms with Gasteiger partial charge in [-0.15, -0.1) is 16.4 Å². The Hall–Kier alpha value is -2.04. The monoisotopic (exact) mass is 444 g/mol. The van der Waals surface area contributed by atoms with Gasteiger partial charge in [0.2, 0.25) is 11.1 Å². The average molecular weight is 445 g/mol. The van der Waals surface area contributed by atoms with Gasteiger partial charge < -0.3 is 9.64 Å². The maximum atomic E-state index is 12.9. The summed E-state index contributed by atoms with van der Waals surface area (Å²) in [5, 5.41) is 13.8. The molecule has 30 heavy (non-hydrogen) atoms. The summed E-state index contributed by atoms with van der Waals surface area (Å²) in [5.74, 6) is 0.797. The minimum Gasteiger partial charge on any atom is -0.376 e. The first kappa shape index (κ1) is 19.9. The third-order valence-electron chi connectivity index (χ3n) is 5.66. The molecule has 0 radical (unpaired) electrons. The van der Waals surface area contributed by atoms with Crippen LogP contribution in [0.5, 0.6) is 0 Å². The van der Waals surface area contributed by atoms with Crippen LogP contribution < -0.4 is 0 Å². The first-order valence-electron chi connectivity index (χ1n) is 10.4. The van der Waals surface area contributed by atoms with E-state index in [4.69, 9.17) is 9.72 Å². The summed E-state index contributed by atoms with van der Waals surface area (Å²) >= 11 is 3.16. The Bertz CT molecular complexity index is 983. The summed E-state index contributed by atoms with van der Waals surface area (Å²) < 4.78 is 8.64. The molecule has 158 valence electrons. The Morgan fingerprint density at radius 1 is 1.27 bits per heavy atom. The van der Waals surface area contributed by atoms with Gasteiger partial charge in [0.25, 0.3) is 0 Å². The van der Waals surface area contributed by atoms with Crippen LogP contribution in [0, 0.1) is 0 Å². The lowest BCUT2D eigenvalue weighted by molar-refractivity contribution is -0.129. The number of benzene rings is 1. The van der Waals surface area contributed by atoms with Crippen LogP contribution >= 0.6 is 23.1 Å². The van der Waals surface area contributed by atoms with Gasteiger partial charge in [0, 0.05) is 25.6 Å². The molecule has 1 amide bonds. The van der Waals surface area contributed by atoms with Gasteiger partial charge in [0.15, 0.2) is 0 Å². The molecule has 2 aliphatic heterocycles. The van der Waals surface area contributed by atoms with E-state index >= 15 is 0 Å². The highest BCUT2D eigenvalue weighted by molar-refractivity contribution is 7.99. The van der Waals surface area contributed by atoms with Gasteiger partial charge in [0.05, 0.1) is 33.6 Å². The van der Waals surface area contributed by atoms with Crippen molar-refractivity contribution < 1.29 is 9.53 Å². The average Bonchev–Trinajstić information content (AvgIpc) is 3.53. The van der Waals surface area contributed by atoms with Crippen LogP contribution in [0.2, 0.25) is 0 Å². The minimum atomic E-state index is 0.137. The largest absolute Gasteiger partial charge is 0.376 e. The number of thioether (sulfide) groups is 1. The predicted molar refractivity (Wildman–Crippen MR) is 116 cm³/mol. The third kappa shape index (κ3) is 4.35. The normalized spacial score (nSPS) is 22.1. The van der Waals surface area contributed by atoms with E-state index in [1.54, 1.807) is 16.0 Å². The maximum absolute atomic E-state index is 12.9. The number of fused-ring (bicyclic) bond motifs is 1. The van der Waals surface area contributed by atoms with Gasteiger partial charge in [-0.25, -0.2) is 9.67 Å². The number of para-hydroxylation sites is 1. The number of piperidine rings is 1. The quantitative estimate of drug-likeness (QED) is 0.540. The van der Waals surface area contributed by atoms with Crippen molar-refractivity contribution in [2.24, 2.45) is 0 Å². The number of hydrogen-bond donors (Lipinski definition) is 0. The fourth-order valence-electron chi connectivity index (χ4n) is 4.08. The fourth-order valence-corrected chi connectivity index (χ4v) is 5.97. The van der Waals surface area contributed by atoms with Crippen molar-refractivity contribution in [3.63, 3.8) is 0 Å². The van der Waals surface area contributed by atoms with Crippen LogP contribution in [-0.4, -0.2) is 67.6 Å². The fraction of sp³-hybridized carbons (Fsp3) is 0.550. The number of thiazole rings is 1. The van der Waals surface area contributed by atoms with E-state index in [-0.39, 0.29) is 12.0 Å². The van der Waals surface area contributed by atoms with E-state index in [0.717, 1.165) is 55.9 Å². The molecule has 5 rings (SSSR count). The topological polar surface area (TPSA) is 86.0 Å². The smallest absolute Gasteiger partial charge is 0.233 e. The molecule has 3 aromatic rings. The number of carbonyl (C=O) groups excluding carboxylic acids is 1. The standard InChI is InChI=1S/C20H24N6O2S2/c27-18(13-29-20-22-23-24-26(20)12-15-6-4-10-28-15)25-9-3-5-14(11-25)19-21-16-7-1-2-8-17(16)30-19/h1-2,7-8,14-15H,3-6,9-13H2/t14-,15-/m1/s1. The van der Waals surface area contributed by atoms with Crippen molar-refractivity contribution in [1.29, 1.82) is 0 Å². The van der Waals surface area contributed by atoms with Gasteiger partial charge >= 0.3 is 0 Å². The molecule has 0 N–H and O–H groups in total. The molecule has 2 aromatic heterocycles. The summed E-state index contributed by atoms with van der Waals surface area (Å²) in [6, 6.07) is 8.23. The summed E-state index contributed by atoms with van der Waals surface area (Å²) in [5.41, 5.74) is 1.05. The summed E-state index contributed by atoms with van der Waals surface area (Å²) in [7, 11) is 0. The molecule has 2 fully saturated rings. The number of nitrogens with zero attached hydrogens (tertiary/aromatic N) is 6. The number of carbonyl (C=O) groups is 1. The van der Waals surface area contributed by atoms with Crippen molar-refractivity contribution >= 4 is 39.2 Å². The molecule has 0 aliphatic carbocycles. The van der Waals surface area contributed by atoms with Gasteiger partial charge in [-0.2, -0.15) is 0 Å². The van der Waals surface area contributed by atoms with Crippen LogP contribution in [0.3, 0.4) is 0 Å². The number of tetrazole rings is 1. The summed E-state index contributed by atoms with van der Waals surface area (Å²) in [4.78, 5) is 19.7. The molecule has 1 aromatic carbocycles. The van der Waals surface area contributed by atoms with Crippen LogP contribution in [0.25, 0.3) is 10.2 Å². The molecule has 0 spiro atoms. The molecule has 8 nitrogen and oxygen atoms in total. The molecule has 4 heterocycles. The van der Waals surface area contributed by atoms with E-state index in [2.05, 4.69) is 27.7 Å². The molecule has 2 aliphatic rings. The van der Waals surface area contributed by atoms with Crippen molar-refractivity contribution in [3.8, 4) is 0 Å². The second-order valence-electron chi connectivity index (χ2n) is 7.77. The molecular weight excluding hydrogens is 420 g/mol.